The van der Waals surface area contributed by atoms with Crippen molar-refractivity contribution in [2.24, 2.45) is 0 Å². The first kappa shape index (κ1) is 23.4. The smallest absolute Gasteiger partial charge is 0.369 e. The van der Waals surface area contributed by atoms with E-state index in [1.807, 2.05) is 0 Å². The predicted octanol–water partition coefficient (Wildman–Crippen LogP) is 4.01. The van der Waals surface area contributed by atoms with Crippen LogP contribution in [0.3, 0.4) is 0 Å². The molecule has 4 rings (SSSR count). The summed E-state index contributed by atoms with van der Waals surface area (Å²) in [4.78, 5) is 22.6. The lowest BCUT2D eigenvalue weighted by Gasteiger charge is -2.33. The van der Waals surface area contributed by atoms with Crippen molar-refractivity contribution in [3.05, 3.63) is 56.7 Å². The number of carbonyl (C=O) groups excluding carboxylic acids is 1. The molecule has 2 aliphatic rings. The number of hydrogen-bond donors (Lipinski definition) is 2. The largest absolute Gasteiger partial charge is 0.400 e. The zero-order chi connectivity index (χ0) is 23.1. The molecular formula is C20H17Br2F3N4O2S. The number of carbonyl (C=O) groups is 1. The van der Waals surface area contributed by atoms with Gasteiger partial charge in [0.1, 0.15) is 23.1 Å². The molecule has 1 aromatic carbocycles. The van der Waals surface area contributed by atoms with Crippen LogP contribution in [0.25, 0.3) is 0 Å². The zero-order valence-electron chi connectivity index (χ0n) is 16.4. The molecule has 3 heterocycles. The van der Waals surface area contributed by atoms with Crippen LogP contribution in [-0.2, 0) is 15.0 Å². The molecule has 2 aliphatic heterocycles. The van der Waals surface area contributed by atoms with E-state index >= 15 is 0 Å². The number of thiocarbonyl (C=S) groups is 1. The number of pyridine rings is 1. The maximum atomic E-state index is 14.3. The molecule has 2 saturated heterocycles. The van der Waals surface area contributed by atoms with Gasteiger partial charge in [-0.3, -0.25) is 14.6 Å². The van der Waals surface area contributed by atoms with Gasteiger partial charge in [-0.1, -0.05) is 44.1 Å². The molecule has 0 aliphatic carbocycles. The van der Waals surface area contributed by atoms with Crippen molar-refractivity contribution in [1.82, 2.24) is 15.8 Å². The number of aromatic nitrogens is 1. The Morgan fingerprint density at radius 1 is 1.28 bits per heavy atom. The van der Waals surface area contributed by atoms with Gasteiger partial charge in [-0.05, 0) is 42.3 Å². The van der Waals surface area contributed by atoms with E-state index in [0.29, 0.717) is 20.3 Å². The van der Waals surface area contributed by atoms with Gasteiger partial charge < -0.3 is 10.2 Å². The minimum Gasteiger partial charge on any atom is -0.369 e. The molecule has 2 N–H and O–H groups in total. The zero-order valence-corrected chi connectivity index (χ0v) is 20.4. The first-order valence-corrected chi connectivity index (χ1v) is 11.6. The van der Waals surface area contributed by atoms with Crippen LogP contribution in [0.15, 0.2) is 45.5 Å². The highest BCUT2D eigenvalue weighted by molar-refractivity contribution is 9.11. The molecule has 2 aromatic rings. The predicted molar refractivity (Wildman–Crippen MR) is 123 cm³/mol. The van der Waals surface area contributed by atoms with Gasteiger partial charge in [-0.15, -0.1) is 0 Å². The lowest BCUT2D eigenvalue weighted by Crippen LogP contribution is -2.45. The Morgan fingerprint density at radius 2 is 2.00 bits per heavy atom. The van der Waals surface area contributed by atoms with Gasteiger partial charge in [0.05, 0.1) is 17.6 Å². The summed E-state index contributed by atoms with van der Waals surface area (Å²) in [6.45, 7) is 0.145. The molecule has 32 heavy (non-hydrogen) atoms. The quantitative estimate of drug-likeness (QED) is 0.522. The number of anilines is 1. The molecule has 2 atom stereocenters. The van der Waals surface area contributed by atoms with Gasteiger partial charge in [0.15, 0.2) is 0 Å². The van der Waals surface area contributed by atoms with E-state index in [1.54, 1.807) is 23.1 Å². The van der Waals surface area contributed by atoms with E-state index in [1.165, 1.54) is 18.3 Å². The lowest BCUT2D eigenvalue weighted by atomic mass is 9.79. The molecule has 170 valence electrons. The minimum absolute atomic E-state index is 0.0715. The highest BCUT2D eigenvalue weighted by atomic mass is 79.9. The number of halogens is 5. The molecule has 0 bridgehead atoms. The van der Waals surface area contributed by atoms with Crippen molar-refractivity contribution in [3.63, 3.8) is 0 Å². The van der Waals surface area contributed by atoms with Crippen LogP contribution < -0.4 is 15.7 Å². The normalized spacial score (nSPS) is 23.3. The van der Waals surface area contributed by atoms with E-state index in [2.05, 4.69) is 47.6 Å². The summed E-state index contributed by atoms with van der Waals surface area (Å²) in [7, 11) is 0. The number of amides is 1. The van der Waals surface area contributed by atoms with Crippen LogP contribution in [0.5, 0.6) is 0 Å². The maximum absolute atomic E-state index is 14.3. The molecule has 2 unspecified atom stereocenters. The van der Waals surface area contributed by atoms with Crippen molar-refractivity contribution in [2.75, 3.05) is 24.6 Å². The molecular weight excluding hydrogens is 577 g/mol. The number of alkyl halides is 3. The van der Waals surface area contributed by atoms with Crippen LogP contribution in [0.2, 0.25) is 0 Å². The topological polar surface area (TPSA) is 66.5 Å². The third-order valence-corrected chi connectivity index (χ3v) is 6.86. The summed E-state index contributed by atoms with van der Waals surface area (Å²) in [6.07, 6.45) is -3.00. The van der Waals surface area contributed by atoms with E-state index in [0.717, 1.165) is 0 Å². The van der Waals surface area contributed by atoms with Gasteiger partial charge in [0, 0.05) is 22.0 Å². The Labute approximate surface area is 204 Å². The fourth-order valence-corrected chi connectivity index (χ4v) is 5.44. The Kier molecular flexibility index (Phi) is 6.49. The summed E-state index contributed by atoms with van der Waals surface area (Å²) in [5.41, 5.74) is 1.43. The van der Waals surface area contributed by atoms with E-state index in [9.17, 15) is 18.0 Å². The lowest BCUT2D eigenvalue weighted by molar-refractivity contribution is -0.184. The fraction of sp³-hybridized carbons (Fsp3) is 0.350. The first-order chi connectivity index (χ1) is 15.1. The third kappa shape index (κ3) is 4.50. The summed E-state index contributed by atoms with van der Waals surface area (Å²) in [5, 5.41) is 2.86. The molecule has 0 spiro atoms. The van der Waals surface area contributed by atoms with E-state index in [-0.39, 0.29) is 42.6 Å². The van der Waals surface area contributed by atoms with Crippen LogP contribution in [-0.4, -0.2) is 47.8 Å². The molecule has 1 amide bonds. The van der Waals surface area contributed by atoms with Gasteiger partial charge in [-0.25, -0.2) is 5.48 Å². The van der Waals surface area contributed by atoms with Crippen molar-refractivity contribution < 1.29 is 22.8 Å². The summed E-state index contributed by atoms with van der Waals surface area (Å²) in [6, 6.07) is 7.46. The highest BCUT2D eigenvalue weighted by Gasteiger charge is 2.59. The van der Waals surface area contributed by atoms with Gasteiger partial charge >= 0.3 is 6.18 Å². The SMILES string of the molecule is O=C1NOCC1NC(=S)c1ccc(N2CCC(c3cc(Br)cc(Br)c3)(C(F)(F)F)C2)cn1. The molecule has 1 aromatic heterocycles. The summed E-state index contributed by atoms with van der Waals surface area (Å²) >= 11 is 11.9. The summed E-state index contributed by atoms with van der Waals surface area (Å²) < 4.78 is 44.1. The number of hydrogen-bond acceptors (Lipinski definition) is 5. The molecule has 0 saturated carbocycles. The van der Waals surface area contributed by atoms with Crippen molar-refractivity contribution in [1.29, 1.82) is 0 Å². The second-order valence-electron chi connectivity index (χ2n) is 7.61. The minimum atomic E-state index is -4.43. The Bertz CT molecular complexity index is 1030. The number of benzene rings is 1. The number of nitrogens with zero attached hydrogens (tertiary/aromatic N) is 2. The number of nitrogens with one attached hydrogen (secondary N) is 2. The van der Waals surface area contributed by atoms with Gasteiger partial charge in [0.25, 0.3) is 5.91 Å². The van der Waals surface area contributed by atoms with Crippen LogP contribution >= 0.6 is 44.1 Å². The molecule has 12 heteroatoms. The Hall–Kier alpha value is -1.76. The number of hydroxylamine groups is 1. The average Bonchev–Trinajstić information content (AvgIpc) is 3.35. The average molecular weight is 594 g/mol. The molecule has 6 nitrogen and oxygen atoms in total. The fourth-order valence-electron chi connectivity index (χ4n) is 3.88. The molecule has 2 fully saturated rings. The van der Waals surface area contributed by atoms with Gasteiger partial charge in [0.2, 0.25) is 0 Å². The monoisotopic (exact) mass is 592 g/mol. The van der Waals surface area contributed by atoms with Crippen LogP contribution in [0, 0.1) is 0 Å². The Balaban J connectivity index is 1.53. The van der Waals surface area contributed by atoms with Crippen LogP contribution in [0.4, 0.5) is 18.9 Å². The maximum Gasteiger partial charge on any atom is 0.400 e. The molecule has 0 radical (unpaired) electrons. The highest BCUT2D eigenvalue weighted by Crippen LogP contribution is 2.49. The second-order valence-corrected chi connectivity index (χ2v) is 9.85. The summed E-state index contributed by atoms with van der Waals surface area (Å²) in [5.74, 6) is -0.330. The van der Waals surface area contributed by atoms with Crippen molar-refractivity contribution >= 4 is 60.7 Å². The van der Waals surface area contributed by atoms with E-state index in [4.69, 9.17) is 17.1 Å². The third-order valence-electron chi connectivity index (χ3n) is 5.62. The van der Waals surface area contributed by atoms with Crippen molar-refractivity contribution in [2.45, 2.75) is 24.1 Å². The van der Waals surface area contributed by atoms with Crippen LogP contribution in [0.1, 0.15) is 17.7 Å². The first-order valence-electron chi connectivity index (χ1n) is 9.56. The second kappa shape index (κ2) is 8.88. The number of rotatable bonds is 4. The van der Waals surface area contributed by atoms with Gasteiger partial charge in [-0.2, -0.15) is 13.2 Å². The van der Waals surface area contributed by atoms with E-state index < -0.39 is 17.6 Å². The Morgan fingerprint density at radius 3 is 2.56 bits per heavy atom. The standard InChI is InChI=1S/C20H17Br2F3N4O2S/c21-12-5-11(6-13(22)7-12)19(20(23,24)25)3-4-29(10-19)14-1-2-15(26-8-14)18(32)27-16-9-31-28-17(16)30/h1-2,5-8,16H,3-4,9-10H2,(H,27,32)(H,28,30). The van der Waals surface area contributed by atoms with Crippen molar-refractivity contribution in [3.8, 4) is 0 Å².